The Hall–Kier alpha value is -2.87. The Bertz CT molecular complexity index is 953. The maximum atomic E-state index is 12.9. The highest BCUT2D eigenvalue weighted by molar-refractivity contribution is 6.30. The van der Waals surface area contributed by atoms with Crippen molar-refractivity contribution in [2.75, 3.05) is 0 Å². The van der Waals surface area contributed by atoms with Gasteiger partial charge in [0.25, 0.3) is 0 Å². The minimum atomic E-state index is -4.47. The SMILES string of the molecule is O=C(O)c1nnn(Cc2cccc(C(F)(F)F)c2)c1-c1ccc(Cl)cc1. The molecule has 5 nitrogen and oxygen atoms in total. The lowest BCUT2D eigenvalue weighted by Gasteiger charge is -2.10. The third-order valence-corrected chi connectivity index (χ3v) is 3.89. The topological polar surface area (TPSA) is 68.0 Å². The molecule has 0 atom stereocenters. The van der Waals surface area contributed by atoms with Crippen molar-refractivity contribution >= 4 is 17.6 Å². The monoisotopic (exact) mass is 381 g/mol. The fourth-order valence-electron chi connectivity index (χ4n) is 2.48. The summed E-state index contributed by atoms with van der Waals surface area (Å²) < 4.78 is 39.9. The molecule has 0 radical (unpaired) electrons. The van der Waals surface area contributed by atoms with E-state index in [1.165, 1.54) is 16.8 Å². The van der Waals surface area contributed by atoms with Crippen molar-refractivity contribution in [1.29, 1.82) is 0 Å². The largest absolute Gasteiger partial charge is 0.476 e. The molecular formula is C17H11ClF3N3O2. The van der Waals surface area contributed by atoms with E-state index in [1.54, 1.807) is 24.3 Å². The average molecular weight is 382 g/mol. The molecule has 0 amide bonds. The van der Waals surface area contributed by atoms with Gasteiger partial charge in [-0.1, -0.05) is 41.1 Å². The van der Waals surface area contributed by atoms with Crippen molar-refractivity contribution in [1.82, 2.24) is 15.0 Å². The molecule has 26 heavy (non-hydrogen) atoms. The van der Waals surface area contributed by atoms with Gasteiger partial charge in [0.2, 0.25) is 0 Å². The highest BCUT2D eigenvalue weighted by Crippen LogP contribution is 2.30. The average Bonchev–Trinajstić information content (AvgIpc) is 2.99. The van der Waals surface area contributed by atoms with Crippen LogP contribution >= 0.6 is 11.6 Å². The summed E-state index contributed by atoms with van der Waals surface area (Å²) in [7, 11) is 0. The highest BCUT2D eigenvalue weighted by Gasteiger charge is 2.30. The smallest absolute Gasteiger partial charge is 0.416 e. The van der Waals surface area contributed by atoms with Crippen LogP contribution in [0.5, 0.6) is 0 Å². The van der Waals surface area contributed by atoms with Crippen LogP contribution in [0.3, 0.4) is 0 Å². The zero-order valence-corrected chi connectivity index (χ0v) is 13.8. The number of rotatable bonds is 4. The molecule has 0 aliphatic carbocycles. The van der Waals surface area contributed by atoms with Crippen molar-refractivity contribution in [2.45, 2.75) is 12.7 Å². The third-order valence-electron chi connectivity index (χ3n) is 3.64. The van der Waals surface area contributed by atoms with E-state index in [2.05, 4.69) is 10.3 Å². The Morgan fingerprint density at radius 2 is 1.85 bits per heavy atom. The number of carboxylic acids is 1. The molecule has 134 valence electrons. The Labute approximate surface area is 150 Å². The number of nitrogens with zero attached hydrogens (tertiary/aromatic N) is 3. The van der Waals surface area contributed by atoms with Crippen LogP contribution in [0.2, 0.25) is 5.02 Å². The number of hydrogen-bond acceptors (Lipinski definition) is 3. The van der Waals surface area contributed by atoms with Crippen molar-refractivity contribution in [3.63, 3.8) is 0 Å². The number of halogens is 4. The number of alkyl halides is 3. The number of benzene rings is 2. The van der Waals surface area contributed by atoms with Gasteiger partial charge in [0.05, 0.1) is 12.1 Å². The summed E-state index contributed by atoms with van der Waals surface area (Å²) in [4.78, 5) is 11.4. The van der Waals surface area contributed by atoms with E-state index in [9.17, 15) is 23.1 Å². The van der Waals surface area contributed by atoms with E-state index in [-0.39, 0.29) is 17.9 Å². The lowest BCUT2D eigenvalue weighted by Crippen LogP contribution is -2.09. The summed E-state index contributed by atoms with van der Waals surface area (Å²) in [6.45, 7) is -0.0673. The standard InChI is InChI=1S/C17H11ClF3N3O2/c18-13-6-4-11(5-7-13)15-14(16(25)26)22-23-24(15)9-10-2-1-3-12(8-10)17(19,20)21/h1-8H,9H2,(H,25,26). The molecule has 3 aromatic rings. The first kappa shape index (κ1) is 17.9. The Morgan fingerprint density at radius 1 is 1.15 bits per heavy atom. The quantitative estimate of drug-likeness (QED) is 0.729. The van der Waals surface area contributed by atoms with Gasteiger partial charge in [0, 0.05) is 10.6 Å². The molecule has 0 saturated carbocycles. The van der Waals surface area contributed by atoms with E-state index >= 15 is 0 Å². The second kappa shape index (κ2) is 6.80. The second-order valence-corrected chi connectivity index (χ2v) is 5.89. The van der Waals surface area contributed by atoms with Crippen LogP contribution in [-0.4, -0.2) is 26.1 Å². The second-order valence-electron chi connectivity index (χ2n) is 5.45. The van der Waals surface area contributed by atoms with E-state index in [4.69, 9.17) is 11.6 Å². The van der Waals surface area contributed by atoms with E-state index in [0.717, 1.165) is 12.1 Å². The molecule has 0 unspecified atom stereocenters. The summed E-state index contributed by atoms with van der Waals surface area (Å²) in [5.41, 5.74) is -0.0897. The number of carbonyl (C=O) groups is 1. The molecule has 0 bridgehead atoms. The molecule has 0 aliphatic rings. The Morgan fingerprint density at radius 3 is 2.46 bits per heavy atom. The van der Waals surface area contributed by atoms with Gasteiger partial charge in [-0.05, 0) is 29.8 Å². The molecule has 1 N–H and O–H groups in total. The maximum absolute atomic E-state index is 12.9. The molecule has 0 spiro atoms. The Balaban J connectivity index is 2.04. The summed E-state index contributed by atoms with van der Waals surface area (Å²) in [5.74, 6) is -1.29. The summed E-state index contributed by atoms with van der Waals surface area (Å²) >= 11 is 5.84. The summed E-state index contributed by atoms with van der Waals surface area (Å²) in [6.07, 6.45) is -4.47. The first-order chi connectivity index (χ1) is 12.3. The van der Waals surface area contributed by atoms with Crippen molar-refractivity contribution in [3.05, 3.63) is 70.4 Å². The number of aromatic carboxylic acids is 1. The number of aromatic nitrogens is 3. The fraction of sp³-hybridized carbons (Fsp3) is 0.118. The normalized spacial score (nSPS) is 11.5. The van der Waals surface area contributed by atoms with Gasteiger partial charge in [-0.2, -0.15) is 13.2 Å². The number of hydrogen-bond donors (Lipinski definition) is 1. The molecule has 1 aromatic heterocycles. The lowest BCUT2D eigenvalue weighted by atomic mass is 10.1. The van der Waals surface area contributed by atoms with E-state index in [0.29, 0.717) is 16.1 Å². The summed E-state index contributed by atoms with van der Waals surface area (Å²) in [5, 5.41) is 17.2. The molecule has 0 aliphatic heterocycles. The van der Waals surface area contributed by atoms with Crippen LogP contribution in [0.25, 0.3) is 11.3 Å². The van der Waals surface area contributed by atoms with Gasteiger partial charge in [0.1, 0.15) is 5.69 Å². The zero-order valence-electron chi connectivity index (χ0n) is 13.0. The van der Waals surface area contributed by atoms with Crippen LogP contribution in [0.1, 0.15) is 21.6 Å². The van der Waals surface area contributed by atoms with Gasteiger partial charge in [0.15, 0.2) is 5.69 Å². The van der Waals surface area contributed by atoms with E-state index in [1.807, 2.05) is 0 Å². The van der Waals surface area contributed by atoms with Crippen LogP contribution in [0.15, 0.2) is 48.5 Å². The van der Waals surface area contributed by atoms with Crippen molar-refractivity contribution in [2.24, 2.45) is 0 Å². The van der Waals surface area contributed by atoms with Gasteiger partial charge in [-0.25, -0.2) is 9.48 Å². The number of carboxylic acid groups (broad SMARTS) is 1. The molecule has 1 heterocycles. The van der Waals surface area contributed by atoms with Crippen LogP contribution in [0, 0.1) is 0 Å². The minimum absolute atomic E-state index is 0.0673. The van der Waals surface area contributed by atoms with Gasteiger partial charge >= 0.3 is 12.1 Å². The van der Waals surface area contributed by atoms with Crippen LogP contribution in [0.4, 0.5) is 13.2 Å². The molecule has 0 saturated heterocycles. The lowest BCUT2D eigenvalue weighted by molar-refractivity contribution is -0.137. The van der Waals surface area contributed by atoms with E-state index < -0.39 is 17.7 Å². The predicted octanol–water partition coefficient (Wildman–Crippen LogP) is 4.36. The fourth-order valence-corrected chi connectivity index (χ4v) is 2.61. The van der Waals surface area contributed by atoms with Gasteiger partial charge in [-0.3, -0.25) is 0 Å². The molecule has 0 fully saturated rings. The zero-order chi connectivity index (χ0) is 18.9. The van der Waals surface area contributed by atoms with Gasteiger partial charge in [-0.15, -0.1) is 5.10 Å². The third kappa shape index (κ3) is 3.70. The Kier molecular flexibility index (Phi) is 4.69. The molecule has 2 aromatic carbocycles. The van der Waals surface area contributed by atoms with Gasteiger partial charge < -0.3 is 5.11 Å². The van der Waals surface area contributed by atoms with Crippen LogP contribution < -0.4 is 0 Å². The summed E-state index contributed by atoms with van der Waals surface area (Å²) in [6, 6.07) is 11.1. The maximum Gasteiger partial charge on any atom is 0.416 e. The predicted molar refractivity (Wildman–Crippen MR) is 88.0 cm³/mol. The van der Waals surface area contributed by atoms with Crippen molar-refractivity contribution < 1.29 is 23.1 Å². The molecular weight excluding hydrogens is 371 g/mol. The first-order valence-corrected chi connectivity index (χ1v) is 7.72. The minimum Gasteiger partial charge on any atom is -0.476 e. The first-order valence-electron chi connectivity index (χ1n) is 7.34. The van der Waals surface area contributed by atoms with Crippen molar-refractivity contribution in [3.8, 4) is 11.3 Å². The highest BCUT2D eigenvalue weighted by atomic mass is 35.5. The molecule has 3 rings (SSSR count). The molecule has 9 heteroatoms. The van der Waals surface area contributed by atoms with Crippen LogP contribution in [-0.2, 0) is 12.7 Å².